The molecule has 6 heteroatoms. The number of para-hydroxylation sites is 2. The fraction of sp³-hybridized carbons (Fsp3) is 0.120. The highest BCUT2D eigenvalue weighted by Crippen LogP contribution is 2.39. The SMILES string of the molecule is CCOc1cccc(-c2cc(=O)n(C)nc2-c2ccccc2Oc2ccccc2)c1F. The number of hydrogen-bond acceptors (Lipinski definition) is 4. The van der Waals surface area contributed by atoms with Crippen molar-refractivity contribution in [3.05, 3.63) is 95.0 Å². The van der Waals surface area contributed by atoms with Gasteiger partial charge in [0, 0.05) is 29.8 Å². The topological polar surface area (TPSA) is 53.4 Å². The van der Waals surface area contributed by atoms with Crippen LogP contribution < -0.4 is 15.0 Å². The third kappa shape index (κ3) is 4.19. The van der Waals surface area contributed by atoms with Crippen LogP contribution in [0.1, 0.15) is 6.92 Å². The summed E-state index contributed by atoms with van der Waals surface area (Å²) < 4.78 is 27.9. The Balaban J connectivity index is 1.91. The molecule has 3 aromatic carbocycles. The standard InChI is InChI=1S/C25H21FN2O3/c1-3-30-22-15-9-13-18(24(22)26)20-16-23(29)28(2)27-25(20)19-12-7-8-14-21(19)31-17-10-5-4-6-11-17/h4-16H,3H2,1-2H3. The number of aromatic nitrogens is 2. The fourth-order valence-corrected chi connectivity index (χ4v) is 3.30. The average Bonchev–Trinajstić information content (AvgIpc) is 2.78. The van der Waals surface area contributed by atoms with Crippen LogP contribution in [0.2, 0.25) is 0 Å². The minimum absolute atomic E-state index is 0.125. The zero-order chi connectivity index (χ0) is 21.8. The highest BCUT2D eigenvalue weighted by atomic mass is 19.1. The van der Waals surface area contributed by atoms with E-state index in [-0.39, 0.29) is 16.9 Å². The van der Waals surface area contributed by atoms with E-state index in [1.807, 2.05) is 54.6 Å². The first kappa shape index (κ1) is 20.3. The summed E-state index contributed by atoms with van der Waals surface area (Å²) in [5.74, 6) is 0.788. The molecular formula is C25H21FN2O3. The van der Waals surface area contributed by atoms with Crippen LogP contribution in [-0.2, 0) is 7.05 Å². The molecule has 0 fully saturated rings. The highest BCUT2D eigenvalue weighted by molar-refractivity contribution is 5.84. The zero-order valence-corrected chi connectivity index (χ0v) is 17.2. The van der Waals surface area contributed by atoms with E-state index in [4.69, 9.17) is 9.47 Å². The van der Waals surface area contributed by atoms with E-state index < -0.39 is 5.82 Å². The number of nitrogens with zero attached hydrogens (tertiary/aromatic N) is 2. The summed E-state index contributed by atoms with van der Waals surface area (Å²) in [4.78, 5) is 12.4. The second-order valence-electron chi connectivity index (χ2n) is 6.83. The number of aryl methyl sites for hydroxylation is 1. The van der Waals surface area contributed by atoms with Gasteiger partial charge in [-0.05, 0) is 37.3 Å². The van der Waals surface area contributed by atoms with Gasteiger partial charge < -0.3 is 9.47 Å². The lowest BCUT2D eigenvalue weighted by molar-refractivity contribution is 0.322. The van der Waals surface area contributed by atoms with E-state index in [1.165, 1.54) is 10.7 Å². The van der Waals surface area contributed by atoms with Gasteiger partial charge in [-0.3, -0.25) is 4.79 Å². The summed E-state index contributed by atoms with van der Waals surface area (Å²) in [5.41, 5.74) is 1.33. The van der Waals surface area contributed by atoms with Gasteiger partial charge >= 0.3 is 0 Å². The van der Waals surface area contributed by atoms with E-state index in [0.29, 0.717) is 34.9 Å². The molecule has 0 atom stereocenters. The Labute approximate surface area is 179 Å². The number of rotatable bonds is 6. The molecule has 0 aliphatic rings. The summed E-state index contributed by atoms with van der Waals surface area (Å²) in [6, 6.07) is 22.9. The van der Waals surface area contributed by atoms with Crippen LogP contribution >= 0.6 is 0 Å². The summed E-state index contributed by atoms with van der Waals surface area (Å²) in [6.07, 6.45) is 0. The molecule has 0 N–H and O–H groups in total. The Bertz CT molecular complexity index is 1270. The van der Waals surface area contributed by atoms with Crippen LogP contribution in [0.4, 0.5) is 4.39 Å². The predicted octanol–water partition coefficient (Wildman–Crippen LogP) is 5.44. The molecule has 156 valence electrons. The van der Waals surface area contributed by atoms with Crippen LogP contribution in [0.5, 0.6) is 17.2 Å². The van der Waals surface area contributed by atoms with Crippen LogP contribution in [0.3, 0.4) is 0 Å². The van der Waals surface area contributed by atoms with Gasteiger partial charge in [-0.2, -0.15) is 5.10 Å². The summed E-state index contributed by atoms with van der Waals surface area (Å²) in [5, 5.41) is 4.46. The van der Waals surface area contributed by atoms with Crippen LogP contribution in [0, 0.1) is 5.82 Å². The molecule has 0 aliphatic carbocycles. The molecule has 0 bridgehead atoms. The number of hydrogen-bond donors (Lipinski definition) is 0. The smallest absolute Gasteiger partial charge is 0.267 e. The van der Waals surface area contributed by atoms with Crippen molar-refractivity contribution in [3.8, 4) is 39.6 Å². The van der Waals surface area contributed by atoms with Crippen molar-refractivity contribution in [2.45, 2.75) is 6.92 Å². The maximum Gasteiger partial charge on any atom is 0.267 e. The van der Waals surface area contributed by atoms with E-state index in [9.17, 15) is 4.79 Å². The Hall–Kier alpha value is -3.93. The normalized spacial score (nSPS) is 10.7. The molecule has 0 radical (unpaired) electrons. The van der Waals surface area contributed by atoms with Gasteiger partial charge in [-0.25, -0.2) is 9.07 Å². The summed E-state index contributed by atoms with van der Waals surface area (Å²) >= 11 is 0. The number of halogens is 1. The fourth-order valence-electron chi connectivity index (χ4n) is 3.30. The second kappa shape index (κ2) is 8.83. The predicted molar refractivity (Wildman–Crippen MR) is 118 cm³/mol. The minimum Gasteiger partial charge on any atom is -0.491 e. The molecule has 4 aromatic rings. The van der Waals surface area contributed by atoms with Crippen molar-refractivity contribution < 1.29 is 13.9 Å². The maximum absolute atomic E-state index is 15.2. The van der Waals surface area contributed by atoms with Crippen LogP contribution in [-0.4, -0.2) is 16.4 Å². The first-order chi connectivity index (χ1) is 15.1. The van der Waals surface area contributed by atoms with Crippen molar-refractivity contribution in [1.82, 2.24) is 9.78 Å². The molecule has 4 rings (SSSR count). The molecule has 31 heavy (non-hydrogen) atoms. The van der Waals surface area contributed by atoms with Gasteiger partial charge in [0.25, 0.3) is 5.56 Å². The molecule has 0 spiro atoms. The van der Waals surface area contributed by atoms with Gasteiger partial charge in [0.15, 0.2) is 11.6 Å². The Morgan fingerprint density at radius 2 is 1.55 bits per heavy atom. The lowest BCUT2D eigenvalue weighted by Crippen LogP contribution is -2.20. The molecule has 0 saturated heterocycles. The summed E-state index contributed by atoms with van der Waals surface area (Å²) in [7, 11) is 1.56. The zero-order valence-electron chi connectivity index (χ0n) is 17.2. The molecular weight excluding hydrogens is 395 g/mol. The molecule has 1 heterocycles. The molecule has 0 unspecified atom stereocenters. The van der Waals surface area contributed by atoms with Gasteiger partial charge in [0.05, 0.1) is 6.61 Å². The molecule has 1 aromatic heterocycles. The van der Waals surface area contributed by atoms with Crippen LogP contribution in [0.25, 0.3) is 22.4 Å². The summed E-state index contributed by atoms with van der Waals surface area (Å²) in [6.45, 7) is 2.12. The molecule has 0 saturated carbocycles. The van der Waals surface area contributed by atoms with Gasteiger partial charge in [-0.15, -0.1) is 0 Å². The Morgan fingerprint density at radius 1 is 0.871 bits per heavy atom. The third-order valence-electron chi connectivity index (χ3n) is 4.76. The van der Waals surface area contributed by atoms with Gasteiger partial charge in [0.2, 0.25) is 0 Å². The lowest BCUT2D eigenvalue weighted by Gasteiger charge is -2.16. The van der Waals surface area contributed by atoms with Gasteiger partial charge in [0.1, 0.15) is 17.2 Å². The van der Waals surface area contributed by atoms with Crippen molar-refractivity contribution in [2.24, 2.45) is 7.05 Å². The van der Waals surface area contributed by atoms with Crippen LogP contribution in [0.15, 0.2) is 83.7 Å². The van der Waals surface area contributed by atoms with E-state index >= 15 is 4.39 Å². The average molecular weight is 416 g/mol. The van der Waals surface area contributed by atoms with E-state index in [0.717, 1.165) is 0 Å². The third-order valence-corrected chi connectivity index (χ3v) is 4.76. The first-order valence-electron chi connectivity index (χ1n) is 9.91. The monoisotopic (exact) mass is 416 g/mol. The quantitative estimate of drug-likeness (QED) is 0.420. The largest absolute Gasteiger partial charge is 0.491 e. The van der Waals surface area contributed by atoms with E-state index in [1.54, 1.807) is 32.2 Å². The Morgan fingerprint density at radius 3 is 2.32 bits per heavy atom. The van der Waals surface area contributed by atoms with Gasteiger partial charge in [-0.1, -0.05) is 42.5 Å². The first-order valence-corrected chi connectivity index (χ1v) is 9.91. The van der Waals surface area contributed by atoms with Crippen molar-refractivity contribution in [2.75, 3.05) is 6.61 Å². The molecule has 5 nitrogen and oxygen atoms in total. The second-order valence-corrected chi connectivity index (χ2v) is 6.83. The molecule has 0 aliphatic heterocycles. The van der Waals surface area contributed by atoms with E-state index in [2.05, 4.69) is 5.10 Å². The molecule has 0 amide bonds. The van der Waals surface area contributed by atoms with Crippen molar-refractivity contribution in [3.63, 3.8) is 0 Å². The number of benzene rings is 3. The van der Waals surface area contributed by atoms with Crippen molar-refractivity contribution in [1.29, 1.82) is 0 Å². The number of ether oxygens (including phenoxy) is 2. The highest BCUT2D eigenvalue weighted by Gasteiger charge is 2.20. The Kier molecular flexibility index (Phi) is 5.80. The van der Waals surface area contributed by atoms with Crippen molar-refractivity contribution >= 4 is 0 Å². The maximum atomic E-state index is 15.2. The minimum atomic E-state index is -0.540. The lowest BCUT2D eigenvalue weighted by atomic mass is 9.98.